The van der Waals surface area contributed by atoms with Crippen LogP contribution in [0.2, 0.25) is 0 Å². The monoisotopic (exact) mass is 261 g/mol. The normalized spacial score (nSPS) is 11.8. The van der Waals surface area contributed by atoms with Crippen LogP contribution in [0.25, 0.3) is 0 Å². The third kappa shape index (κ3) is 6.77. The van der Waals surface area contributed by atoms with Crippen molar-refractivity contribution in [1.29, 1.82) is 0 Å². The summed E-state index contributed by atoms with van der Waals surface area (Å²) in [5.74, 6) is 0. The van der Waals surface area contributed by atoms with Gasteiger partial charge in [0.15, 0.2) is 0 Å². The summed E-state index contributed by atoms with van der Waals surface area (Å²) in [6.07, 6.45) is 6.40. The van der Waals surface area contributed by atoms with Crippen LogP contribution < -0.4 is 5.32 Å². The second kappa shape index (κ2) is 8.37. The zero-order chi connectivity index (χ0) is 14.1. The van der Waals surface area contributed by atoms with E-state index in [0.29, 0.717) is 0 Å². The van der Waals surface area contributed by atoms with Gasteiger partial charge in [0.2, 0.25) is 0 Å². The van der Waals surface area contributed by atoms with Crippen molar-refractivity contribution in [3.05, 3.63) is 35.4 Å². The van der Waals surface area contributed by atoms with E-state index in [4.69, 9.17) is 0 Å². The lowest BCUT2D eigenvalue weighted by Gasteiger charge is -2.19. The second-order valence-electron chi connectivity index (χ2n) is 6.51. The molecule has 1 aromatic carbocycles. The van der Waals surface area contributed by atoms with Gasteiger partial charge in [-0.2, -0.15) is 0 Å². The van der Waals surface area contributed by atoms with Gasteiger partial charge in [0.05, 0.1) is 0 Å². The molecule has 0 unspecified atom stereocenters. The molecule has 1 aromatic rings. The smallest absolute Gasteiger partial charge is 0.00489 e. The Labute approximate surface area is 119 Å². The van der Waals surface area contributed by atoms with E-state index in [2.05, 4.69) is 57.3 Å². The molecule has 0 atom stereocenters. The minimum Gasteiger partial charge on any atom is -0.317 e. The van der Waals surface area contributed by atoms with E-state index in [9.17, 15) is 0 Å². The van der Waals surface area contributed by atoms with Crippen LogP contribution >= 0.6 is 0 Å². The van der Waals surface area contributed by atoms with Crippen molar-refractivity contribution in [2.24, 2.45) is 0 Å². The molecule has 1 heteroatoms. The highest BCUT2D eigenvalue weighted by atomic mass is 14.8. The predicted molar refractivity (Wildman–Crippen MR) is 85.9 cm³/mol. The summed E-state index contributed by atoms with van der Waals surface area (Å²) in [5.41, 5.74) is 3.18. The molecule has 1 N–H and O–H groups in total. The molecule has 0 aromatic heterocycles. The molecule has 0 aliphatic carbocycles. The lowest BCUT2D eigenvalue weighted by atomic mass is 9.86. The van der Waals surface area contributed by atoms with Gasteiger partial charge in [0.1, 0.15) is 0 Å². The first-order valence-corrected chi connectivity index (χ1v) is 7.84. The van der Waals surface area contributed by atoms with Crippen molar-refractivity contribution >= 4 is 0 Å². The lowest BCUT2D eigenvalue weighted by molar-refractivity contribution is 0.588. The molecule has 0 radical (unpaired) electrons. The Bertz CT molecular complexity index is 332. The SMILES string of the molecule is CCCNCCCCCc1ccc(C(C)(C)C)cc1. The summed E-state index contributed by atoms with van der Waals surface area (Å²) >= 11 is 0. The molecule has 0 spiro atoms. The van der Waals surface area contributed by atoms with E-state index >= 15 is 0 Å². The van der Waals surface area contributed by atoms with Gasteiger partial charge in [-0.05, 0) is 55.3 Å². The first-order chi connectivity index (χ1) is 9.04. The molecular formula is C18H31N. The van der Waals surface area contributed by atoms with Gasteiger partial charge in [0.25, 0.3) is 0 Å². The summed E-state index contributed by atoms with van der Waals surface area (Å²) in [6, 6.07) is 9.18. The number of hydrogen-bond acceptors (Lipinski definition) is 1. The molecule has 0 bridgehead atoms. The highest BCUT2D eigenvalue weighted by Crippen LogP contribution is 2.22. The van der Waals surface area contributed by atoms with Crippen molar-refractivity contribution in [2.75, 3.05) is 13.1 Å². The van der Waals surface area contributed by atoms with Gasteiger partial charge in [0, 0.05) is 0 Å². The van der Waals surface area contributed by atoms with Crippen LogP contribution in [0.15, 0.2) is 24.3 Å². The average molecular weight is 261 g/mol. The van der Waals surface area contributed by atoms with Crippen molar-refractivity contribution < 1.29 is 0 Å². The Kier molecular flexibility index (Phi) is 7.15. The van der Waals surface area contributed by atoms with Gasteiger partial charge in [-0.3, -0.25) is 0 Å². The van der Waals surface area contributed by atoms with Gasteiger partial charge >= 0.3 is 0 Å². The summed E-state index contributed by atoms with van der Waals surface area (Å²) in [7, 11) is 0. The molecule has 108 valence electrons. The lowest BCUT2D eigenvalue weighted by Crippen LogP contribution is -2.15. The molecule has 0 heterocycles. The van der Waals surface area contributed by atoms with E-state index < -0.39 is 0 Å². The van der Waals surface area contributed by atoms with Crippen LogP contribution in [0, 0.1) is 0 Å². The fourth-order valence-electron chi connectivity index (χ4n) is 2.23. The molecule has 0 amide bonds. The van der Waals surface area contributed by atoms with E-state index in [-0.39, 0.29) is 5.41 Å². The number of benzene rings is 1. The maximum atomic E-state index is 3.46. The Morgan fingerprint density at radius 1 is 0.895 bits per heavy atom. The topological polar surface area (TPSA) is 12.0 Å². The first-order valence-electron chi connectivity index (χ1n) is 7.84. The van der Waals surface area contributed by atoms with Gasteiger partial charge in [-0.1, -0.05) is 58.4 Å². The predicted octanol–water partition coefficient (Wildman–Crippen LogP) is 4.70. The molecule has 0 fully saturated rings. The van der Waals surface area contributed by atoms with Crippen molar-refractivity contribution in [3.8, 4) is 0 Å². The molecular weight excluding hydrogens is 230 g/mol. The molecule has 0 saturated heterocycles. The quantitative estimate of drug-likeness (QED) is 0.669. The number of hydrogen-bond donors (Lipinski definition) is 1. The summed E-state index contributed by atoms with van der Waals surface area (Å²) in [4.78, 5) is 0. The molecule has 1 nitrogen and oxygen atoms in total. The minimum atomic E-state index is 0.267. The molecule has 1 rings (SSSR count). The number of aryl methyl sites for hydroxylation is 1. The standard InChI is InChI=1S/C18H31N/c1-5-14-19-15-8-6-7-9-16-10-12-17(13-11-16)18(2,3)4/h10-13,19H,5-9,14-15H2,1-4H3. The highest BCUT2D eigenvalue weighted by Gasteiger charge is 2.12. The summed E-state index contributed by atoms with van der Waals surface area (Å²) < 4.78 is 0. The Hall–Kier alpha value is -0.820. The molecule has 19 heavy (non-hydrogen) atoms. The third-order valence-corrected chi connectivity index (χ3v) is 3.57. The number of unbranched alkanes of at least 4 members (excludes halogenated alkanes) is 2. The Balaban J connectivity index is 2.20. The Morgan fingerprint density at radius 3 is 2.16 bits per heavy atom. The van der Waals surface area contributed by atoms with Crippen LogP contribution in [-0.2, 0) is 11.8 Å². The zero-order valence-electron chi connectivity index (χ0n) is 13.3. The van der Waals surface area contributed by atoms with Crippen LogP contribution in [0.1, 0.15) is 64.5 Å². The number of nitrogens with one attached hydrogen (secondary N) is 1. The molecule has 0 saturated carbocycles. The number of rotatable bonds is 8. The van der Waals surface area contributed by atoms with Gasteiger partial charge in [-0.15, -0.1) is 0 Å². The van der Waals surface area contributed by atoms with Crippen LogP contribution in [-0.4, -0.2) is 13.1 Å². The van der Waals surface area contributed by atoms with E-state index in [1.54, 1.807) is 0 Å². The summed E-state index contributed by atoms with van der Waals surface area (Å²) in [5, 5.41) is 3.46. The van der Waals surface area contributed by atoms with Crippen LogP contribution in [0.3, 0.4) is 0 Å². The fraction of sp³-hybridized carbons (Fsp3) is 0.667. The third-order valence-electron chi connectivity index (χ3n) is 3.57. The van der Waals surface area contributed by atoms with Crippen LogP contribution in [0.4, 0.5) is 0 Å². The van der Waals surface area contributed by atoms with Gasteiger partial charge in [-0.25, -0.2) is 0 Å². The van der Waals surface area contributed by atoms with Crippen LogP contribution in [0.5, 0.6) is 0 Å². The maximum Gasteiger partial charge on any atom is -0.00489 e. The van der Waals surface area contributed by atoms with Crippen molar-refractivity contribution in [2.45, 2.75) is 65.2 Å². The van der Waals surface area contributed by atoms with E-state index in [0.717, 1.165) is 6.54 Å². The summed E-state index contributed by atoms with van der Waals surface area (Å²) in [6.45, 7) is 11.4. The van der Waals surface area contributed by atoms with Crippen molar-refractivity contribution in [3.63, 3.8) is 0 Å². The van der Waals surface area contributed by atoms with Crippen molar-refractivity contribution in [1.82, 2.24) is 5.32 Å². The Morgan fingerprint density at radius 2 is 1.58 bits per heavy atom. The van der Waals surface area contributed by atoms with E-state index in [1.807, 2.05) is 0 Å². The largest absolute Gasteiger partial charge is 0.317 e. The maximum absolute atomic E-state index is 3.46. The second-order valence-corrected chi connectivity index (χ2v) is 6.51. The first kappa shape index (κ1) is 16.2. The zero-order valence-corrected chi connectivity index (χ0v) is 13.3. The highest BCUT2D eigenvalue weighted by molar-refractivity contribution is 5.27. The fourth-order valence-corrected chi connectivity index (χ4v) is 2.23. The van der Waals surface area contributed by atoms with Gasteiger partial charge < -0.3 is 5.32 Å². The average Bonchev–Trinajstić information content (AvgIpc) is 2.37. The van der Waals surface area contributed by atoms with E-state index in [1.165, 1.54) is 49.8 Å². The minimum absolute atomic E-state index is 0.267. The molecule has 0 aliphatic rings. The molecule has 0 aliphatic heterocycles.